The minimum absolute atomic E-state index is 1.04. The average Bonchev–Trinajstić information content (AvgIpc) is 2.42. The molecule has 0 spiro atoms. The summed E-state index contributed by atoms with van der Waals surface area (Å²) in [5.41, 5.74) is 1.18. The first kappa shape index (κ1) is 9.09. The number of rotatable bonds is 2. The number of thiophene rings is 1. The molecule has 0 radical (unpaired) electrons. The fraction of sp³-hybridized carbons (Fsp3) is 0.273. The minimum atomic E-state index is 1.04. The van der Waals surface area contributed by atoms with Gasteiger partial charge in [0.1, 0.15) is 0 Å². The summed E-state index contributed by atoms with van der Waals surface area (Å²) in [6.45, 7) is 4.19. The Morgan fingerprint density at radius 3 is 3.00 bits per heavy atom. The van der Waals surface area contributed by atoms with E-state index in [0.29, 0.717) is 0 Å². The van der Waals surface area contributed by atoms with E-state index in [1.807, 2.05) is 0 Å². The number of aryl methyl sites for hydroxylation is 1. The largest absolute Gasteiger partial charge is 0.131 e. The maximum Gasteiger partial charge on any atom is 0.0840 e. The maximum absolute atomic E-state index is 5.36. The Morgan fingerprint density at radius 2 is 2.42 bits per heavy atom. The van der Waals surface area contributed by atoms with Gasteiger partial charge < -0.3 is 0 Å². The van der Waals surface area contributed by atoms with Crippen LogP contribution in [0.15, 0.2) is 12.1 Å². The lowest BCUT2D eigenvalue weighted by atomic mass is 10.2. The van der Waals surface area contributed by atoms with Crippen molar-refractivity contribution in [3.05, 3.63) is 27.5 Å². The molecule has 0 aliphatic carbocycles. The second-order valence-electron chi connectivity index (χ2n) is 2.60. The molecule has 0 nitrogen and oxygen atoms in total. The highest BCUT2D eigenvalue weighted by Crippen LogP contribution is 2.21. The Kier molecular flexibility index (Phi) is 3.13. The van der Waals surface area contributed by atoms with Crippen LogP contribution in [0.5, 0.6) is 0 Å². The number of allylic oxidation sites excluding steroid dienone is 1. The van der Waals surface area contributed by atoms with E-state index < -0.39 is 0 Å². The van der Waals surface area contributed by atoms with Crippen LogP contribution in [0, 0.1) is 19.3 Å². The Bertz CT molecular complexity index is 323. The van der Waals surface area contributed by atoms with E-state index >= 15 is 0 Å². The molecule has 0 aromatic carbocycles. The van der Waals surface area contributed by atoms with Crippen molar-refractivity contribution in [2.75, 3.05) is 0 Å². The molecule has 0 saturated carbocycles. The van der Waals surface area contributed by atoms with Crippen LogP contribution in [0.25, 0.3) is 6.08 Å². The summed E-state index contributed by atoms with van der Waals surface area (Å²) in [7, 11) is 0. The topological polar surface area (TPSA) is 0 Å². The molecule has 0 fully saturated rings. The van der Waals surface area contributed by atoms with Crippen molar-refractivity contribution in [1.29, 1.82) is 0 Å². The van der Waals surface area contributed by atoms with Gasteiger partial charge in [-0.2, -0.15) is 0 Å². The SMILES string of the molecule is C#Cc1sc(C)cc1/C=C\CC. The van der Waals surface area contributed by atoms with Crippen molar-refractivity contribution in [3.8, 4) is 12.3 Å². The second-order valence-corrected chi connectivity index (χ2v) is 3.85. The lowest BCUT2D eigenvalue weighted by molar-refractivity contribution is 1.23. The molecule has 1 rings (SSSR count). The van der Waals surface area contributed by atoms with Gasteiger partial charge in [0.15, 0.2) is 0 Å². The van der Waals surface area contributed by atoms with Gasteiger partial charge in [-0.25, -0.2) is 0 Å². The summed E-state index contributed by atoms with van der Waals surface area (Å²) in [6, 6.07) is 2.13. The molecule has 1 heterocycles. The fourth-order valence-corrected chi connectivity index (χ4v) is 1.83. The zero-order chi connectivity index (χ0) is 8.97. The van der Waals surface area contributed by atoms with E-state index in [0.717, 1.165) is 11.3 Å². The summed E-state index contributed by atoms with van der Waals surface area (Å²) in [6.07, 6.45) is 10.6. The zero-order valence-electron chi connectivity index (χ0n) is 7.42. The molecule has 1 aromatic rings. The minimum Gasteiger partial charge on any atom is -0.131 e. The molecule has 0 aliphatic heterocycles. The van der Waals surface area contributed by atoms with Gasteiger partial charge in [0, 0.05) is 10.4 Å². The lowest BCUT2D eigenvalue weighted by Gasteiger charge is -1.86. The zero-order valence-corrected chi connectivity index (χ0v) is 8.24. The predicted molar refractivity (Wildman–Crippen MR) is 56.3 cm³/mol. The molecule has 1 aromatic heterocycles. The second kappa shape index (κ2) is 4.13. The summed E-state index contributed by atoms with van der Waals surface area (Å²) in [5.74, 6) is 2.69. The van der Waals surface area contributed by atoms with Gasteiger partial charge in [-0.15, -0.1) is 17.8 Å². The van der Waals surface area contributed by atoms with Gasteiger partial charge in [-0.1, -0.05) is 25.0 Å². The molecular formula is C11H12S. The van der Waals surface area contributed by atoms with E-state index in [2.05, 4.69) is 38.0 Å². The molecule has 1 heteroatoms. The van der Waals surface area contributed by atoms with Gasteiger partial charge in [-0.05, 0) is 19.4 Å². The molecule has 0 saturated heterocycles. The summed E-state index contributed by atoms with van der Waals surface area (Å²) < 4.78 is 0. The maximum atomic E-state index is 5.36. The Balaban J connectivity index is 2.99. The molecule has 0 aliphatic rings. The van der Waals surface area contributed by atoms with Gasteiger partial charge in [0.25, 0.3) is 0 Å². The van der Waals surface area contributed by atoms with Crippen molar-refractivity contribution in [3.63, 3.8) is 0 Å². The molecular weight excluding hydrogens is 164 g/mol. The van der Waals surface area contributed by atoms with Crippen molar-refractivity contribution in [2.24, 2.45) is 0 Å². The number of hydrogen-bond donors (Lipinski definition) is 0. The normalized spacial score (nSPS) is 10.4. The molecule has 0 bridgehead atoms. The quantitative estimate of drug-likeness (QED) is 0.605. The standard InChI is InChI=1S/C11H12S/c1-4-6-7-10-8-9(3)12-11(10)5-2/h2,6-8H,4H2,1,3H3/b7-6-. The molecule has 0 N–H and O–H groups in total. The Morgan fingerprint density at radius 1 is 1.67 bits per heavy atom. The third-order valence-corrected chi connectivity index (χ3v) is 2.55. The van der Waals surface area contributed by atoms with Gasteiger partial charge in [-0.3, -0.25) is 0 Å². The van der Waals surface area contributed by atoms with Gasteiger partial charge >= 0.3 is 0 Å². The number of hydrogen-bond acceptors (Lipinski definition) is 1. The van der Waals surface area contributed by atoms with Crippen LogP contribution in [-0.4, -0.2) is 0 Å². The smallest absolute Gasteiger partial charge is 0.0840 e. The Labute approximate surface area is 77.9 Å². The van der Waals surface area contributed by atoms with E-state index in [-0.39, 0.29) is 0 Å². The van der Waals surface area contributed by atoms with Crippen molar-refractivity contribution in [1.82, 2.24) is 0 Å². The number of terminal acetylenes is 1. The van der Waals surface area contributed by atoms with Crippen LogP contribution >= 0.6 is 11.3 Å². The average molecular weight is 176 g/mol. The van der Waals surface area contributed by atoms with Crippen LogP contribution in [0.2, 0.25) is 0 Å². The fourth-order valence-electron chi connectivity index (χ4n) is 1.02. The summed E-state index contributed by atoms with van der Waals surface area (Å²) in [5, 5.41) is 0. The van der Waals surface area contributed by atoms with Crippen molar-refractivity contribution in [2.45, 2.75) is 20.3 Å². The molecule has 0 atom stereocenters. The highest BCUT2D eigenvalue weighted by Gasteiger charge is 1.99. The molecule has 12 heavy (non-hydrogen) atoms. The Hall–Kier alpha value is -1.00. The van der Waals surface area contributed by atoms with Crippen molar-refractivity contribution >= 4 is 17.4 Å². The van der Waals surface area contributed by atoms with Crippen LogP contribution in [-0.2, 0) is 0 Å². The first-order chi connectivity index (χ1) is 5.77. The molecule has 0 amide bonds. The predicted octanol–water partition coefficient (Wildman–Crippen LogP) is 3.46. The monoisotopic (exact) mass is 176 g/mol. The highest BCUT2D eigenvalue weighted by atomic mass is 32.1. The molecule has 0 unspecified atom stereocenters. The first-order valence-corrected chi connectivity index (χ1v) is 4.83. The van der Waals surface area contributed by atoms with E-state index in [4.69, 9.17) is 6.42 Å². The van der Waals surface area contributed by atoms with E-state index in [1.165, 1.54) is 10.4 Å². The van der Waals surface area contributed by atoms with Gasteiger partial charge in [0.2, 0.25) is 0 Å². The lowest BCUT2D eigenvalue weighted by Crippen LogP contribution is -1.69. The van der Waals surface area contributed by atoms with Crippen LogP contribution < -0.4 is 0 Å². The third kappa shape index (κ3) is 1.99. The van der Waals surface area contributed by atoms with E-state index in [1.54, 1.807) is 11.3 Å². The summed E-state index contributed by atoms with van der Waals surface area (Å²) >= 11 is 1.68. The van der Waals surface area contributed by atoms with Crippen LogP contribution in [0.3, 0.4) is 0 Å². The third-order valence-electron chi connectivity index (χ3n) is 1.55. The van der Waals surface area contributed by atoms with Gasteiger partial charge in [0.05, 0.1) is 4.88 Å². The van der Waals surface area contributed by atoms with Crippen LogP contribution in [0.1, 0.15) is 28.7 Å². The molecule has 62 valence electrons. The summed E-state index contributed by atoms with van der Waals surface area (Å²) in [4.78, 5) is 2.32. The first-order valence-electron chi connectivity index (χ1n) is 4.01. The highest BCUT2D eigenvalue weighted by molar-refractivity contribution is 7.12. The van der Waals surface area contributed by atoms with E-state index in [9.17, 15) is 0 Å². The van der Waals surface area contributed by atoms with Crippen molar-refractivity contribution < 1.29 is 0 Å². The van der Waals surface area contributed by atoms with Crippen LogP contribution in [0.4, 0.5) is 0 Å².